The third-order valence-corrected chi connectivity index (χ3v) is 5.02. The van der Waals surface area contributed by atoms with Crippen LogP contribution in [0, 0.1) is 10.8 Å². The van der Waals surface area contributed by atoms with Crippen LogP contribution in [0.5, 0.6) is 0 Å². The van der Waals surface area contributed by atoms with Crippen LogP contribution in [0.3, 0.4) is 0 Å². The fraction of sp³-hybridized carbons (Fsp3) is 0.714. The molecule has 0 bridgehead atoms. The lowest BCUT2D eigenvalue weighted by Crippen LogP contribution is -2.44. The van der Waals surface area contributed by atoms with Crippen LogP contribution in [0.1, 0.15) is 53.4 Å². The van der Waals surface area contributed by atoms with E-state index in [1.165, 1.54) is 0 Å². The number of imide groups is 2. The van der Waals surface area contributed by atoms with Crippen molar-refractivity contribution in [2.75, 3.05) is 0 Å². The van der Waals surface area contributed by atoms with Crippen molar-refractivity contribution in [1.82, 2.24) is 10.0 Å². The summed E-state index contributed by atoms with van der Waals surface area (Å²) in [6, 6.07) is 0. The van der Waals surface area contributed by atoms with E-state index in [0.29, 0.717) is 25.7 Å². The van der Waals surface area contributed by atoms with Gasteiger partial charge in [0.15, 0.2) is 0 Å². The molecule has 110 valence electrons. The molecule has 2 aliphatic heterocycles. The number of carbonyl (C=O) groups excluding carboxylic acids is 4. The molecule has 0 spiro atoms. The number of fused-ring (bicyclic) bond motifs is 1. The van der Waals surface area contributed by atoms with Gasteiger partial charge >= 0.3 is 0 Å². The van der Waals surface area contributed by atoms with Gasteiger partial charge < -0.3 is 0 Å². The summed E-state index contributed by atoms with van der Waals surface area (Å²) in [6.07, 6.45) is 1.17. The van der Waals surface area contributed by atoms with Gasteiger partial charge in [-0.05, 0) is 25.7 Å². The fourth-order valence-corrected chi connectivity index (χ4v) is 3.25. The highest BCUT2D eigenvalue weighted by Gasteiger charge is 2.69. The number of hydrogen-bond acceptors (Lipinski definition) is 4. The molecule has 20 heavy (non-hydrogen) atoms. The van der Waals surface area contributed by atoms with E-state index < -0.39 is 34.5 Å². The van der Waals surface area contributed by atoms with Crippen molar-refractivity contribution in [1.29, 1.82) is 0 Å². The first-order valence-electron chi connectivity index (χ1n) is 7.15. The lowest BCUT2D eigenvalue weighted by Gasteiger charge is -2.25. The van der Waals surface area contributed by atoms with Crippen molar-refractivity contribution in [3.63, 3.8) is 0 Å². The van der Waals surface area contributed by atoms with Crippen molar-refractivity contribution in [3.05, 3.63) is 0 Å². The Balaban J connectivity index is 2.57. The minimum Gasteiger partial charge on any atom is -0.271 e. The second kappa shape index (κ2) is 4.40. The Bertz CT molecular complexity index is 421. The third-order valence-electron chi connectivity index (χ3n) is 5.02. The number of hydrazine groups is 1. The van der Waals surface area contributed by atoms with Gasteiger partial charge in [-0.15, -0.1) is 0 Å². The van der Waals surface area contributed by atoms with E-state index in [1.54, 1.807) is 27.7 Å². The van der Waals surface area contributed by atoms with Crippen LogP contribution in [0.2, 0.25) is 0 Å². The second-order valence-corrected chi connectivity index (χ2v) is 5.42. The molecule has 6 nitrogen and oxygen atoms in total. The zero-order valence-electron chi connectivity index (χ0n) is 12.4. The number of hydrogen-bond donors (Lipinski definition) is 0. The molecule has 0 aliphatic carbocycles. The van der Waals surface area contributed by atoms with E-state index >= 15 is 0 Å². The molecule has 0 saturated carbocycles. The van der Waals surface area contributed by atoms with Crippen molar-refractivity contribution < 1.29 is 19.2 Å². The molecule has 6 heteroatoms. The quantitative estimate of drug-likeness (QED) is 0.574. The van der Waals surface area contributed by atoms with Gasteiger partial charge in [-0.25, -0.2) is 0 Å². The first-order chi connectivity index (χ1) is 9.37. The topological polar surface area (TPSA) is 74.8 Å². The van der Waals surface area contributed by atoms with Gasteiger partial charge in [0.2, 0.25) is 0 Å². The standard InChI is InChI=1S/C14H20N2O4/c1-5-13(6-2)9(17)15-11(19)14(7-3,8-4)12(20)16(15)10(13)18/h5-8H2,1-4H3. The fourth-order valence-electron chi connectivity index (χ4n) is 3.25. The van der Waals surface area contributed by atoms with Crippen LogP contribution in [0.4, 0.5) is 0 Å². The average Bonchev–Trinajstić information content (AvgIpc) is 2.81. The molecule has 0 aromatic carbocycles. The second-order valence-electron chi connectivity index (χ2n) is 5.42. The van der Waals surface area contributed by atoms with Crippen LogP contribution in [-0.2, 0) is 19.2 Å². The van der Waals surface area contributed by atoms with Crippen LogP contribution in [0.15, 0.2) is 0 Å². The predicted molar refractivity (Wildman–Crippen MR) is 69.7 cm³/mol. The van der Waals surface area contributed by atoms with Gasteiger partial charge in [0.05, 0.1) is 0 Å². The van der Waals surface area contributed by atoms with Gasteiger partial charge in [-0.3, -0.25) is 19.2 Å². The molecule has 0 atom stereocenters. The first-order valence-corrected chi connectivity index (χ1v) is 7.15. The largest absolute Gasteiger partial charge is 0.271 e. The van der Waals surface area contributed by atoms with Gasteiger partial charge in [0.1, 0.15) is 10.8 Å². The lowest BCUT2D eigenvalue weighted by molar-refractivity contribution is -0.159. The molecule has 2 rings (SSSR count). The van der Waals surface area contributed by atoms with Crippen LogP contribution < -0.4 is 0 Å². The molecule has 0 aromatic heterocycles. The summed E-state index contributed by atoms with van der Waals surface area (Å²) in [4.78, 5) is 50.2. The van der Waals surface area contributed by atoms with Crippen LogP contribution in [-0.4, -0.2) is 33.6 Å². The third kappa shape index (κ3) is 1.29. The van der Waals surface area contributed by atoms with Gasteiger partial charge in [-0.2, -0.15) is 10.0 Å². The maximum absolute atomic E-state index is 12.5. The van der Waals surface area contributed by atoms with Crippen LogP contribution in [0.25, 0.3) is 0 Å². The molecular weight excluding hydrogens is 260 g/mol. The van der Waals surface area contributed by atoms with E-state index in [0.717, 1.165) is 10.0 Å². The van der Waals surface area contributed by atoms with E-state index in [2.05, 4.69) is 0 Å². The molecule has 0 aromatic rings. The summed E-state index contributed by atoms with van der Waals surface area (Å²) in [7, 11) is 0. The highest BCUT2D eigenvalue weighted by atomic mass is 16.2. The summed E-state index contributed by atoms with van der Waals surface area (Å²) in [5.74, 6) is -2.19. The Labute approximate surface area is 118 Å². The monoisotopic (exact) mass is 280 g/mol. The van der Waals surface area contributed by atoms with Crippen LogP contribution >= 0.6 is 0 Å². The minimum atomic E-state index is -1.25. The zero-order chi connectivity index (χ0) is 15.3. The van der Waals surface area contributed by atoms with Crippen molar-refractivity contribution in [3.8, 4) is 0 Å². The van der Waals surface area contributed by atoms with Crippen molar-refractivity contribution in [2.24, 2.45) is 10.8 Å². The molecule has 0 N–H and O–H groups in total. The Morgan fingerprint density at radius 3 is 0.950 bits per heavy atom. The minimum absolute atomic E-state index is 0.292. The maximum Gasteiger partial charge on any atom is 0.264 e. The first kappa shape index (κ1) is 14.7. The van der Waals surface area contributed by atoms with Gasteiger partial charge in [0, 0.05) is 0 Å². The predicted octanol–water partition coefficient (Wildman–Crippen LogP) is 1.25. The van der Waals surface area contributed by atoms with E-state index in [1.807, 2.05) is 0 Å². The molecule has 0 unspecified atom stereocenters. The van der Waals surface area contributed by atoms with E-state index in [4.69, 9.17) is 0 Å². The Morgan fingerprint density at radius 2 is 0.800 bits per heavy atom. The molecular formula is C14H20N2O4. The Morgan fingerprint density at radius 1 is 0.600 bits per heavy atom. The van der Waals surface area contributed by atoms with Crippen molar-refractivity contribution >= 4 is 23.6 Å². The highest BCUT2D eigenvalue weighted by molar-refractivity contribution is 6.29. The number of rotatable bonds is 4. The SMILES string of the molecule is CCC1(CC)C(=O)N2C(=O)C(CC)(CC)C(=O)N2C1=O. The van der Waals surface area contributed by atoms with Gasteiger partial charge in [-0.1, -0.05) is 27.7 Å². The zero-order valence-corrected chi connectivity index (χ0v) is 12.4. The summed E-state index contributed by atoms with van der Waals surface area (Å²) in [5, 5.41) is 1.59. The summed E-state index contributed by atoms with van der Waals surface area (Å²) >= 11 is 0. The van der Waals surface area contributed by atoms with Crippen molar-refractivity contribution in [2.45, 2.75) is 53.4 Å². The molecule has 2 saturated heterocycles. The Kier molecular flexibility index (Phi) is 3.23. The number of carbonyl (C=O) groups is 4. The van der Waals surface area contributed by atoms with E-state index in [9.17, 15) is 19.2 Å². The molecule has 0 radical (unpaired) electrons. The molecule has 2 fully saturated rings. The molecule has 4 amide bonds. The normalized spacial score (nSPS) is 23.8. The summed E-state index contributed by atoms with van der Waals surface area (Å²) in [5.41, 5.74) is -2.50. The summed E-state index contributed by atoms with van der Waals surface area (Å²) < 4.78 is 0. The number of nitrogens with zero attached hydrogens (tertiary/aromatic N) is 2. The smallest absolute Gasteiger partial charge is 0.264 e. The lowest BCUT2D eigenvalue weighted by atomic mass is 9.77. The Hall–Kier alpha value is -1.72. The average molecular weight is 280 g/mol. The molecule has 2 heterocycles. The molecule has 2 aliphatic rings. The maximum atomic E-state index is 12.5. The summed E-state index contributed by atoms with van der Waals surface area (Å²) in [6.45, 7) is 6.91. The highest BCUT2D eigenvalue weighted by Crippen LogP contribution is 2.47. The van der Waals surface area contributed by atoms with E-state index in [-0.39, 0.29) is 0 Å². The number of amides is 4. The van der Waals surface area contributed by atoms with Gasteiger partial charge in [0.25, 0.3) is 23.6 Å².